The van der Waals surface area contributed by atoms with Crippen molar-refractivity contribution >= 4 is 15.8 Å². The van der Waals surface area contributed by atoms with E-state index < -0.39 is 15.8 Å². The molecule has 0 radical (unpaired) electrons. The maximum Gasteiger partial charge on any atom is 0.221 e. The number of carbonyl (C=O) groups is 1. The van der Waals surface area contributed by atoms with Crippen LogP contribution in [-0.4, -0.2) is 50.6 Å². The van der Waals surface area contributed by atoms with Gasteiger partial charge in [0.15, 0.2) is 0 Å². The zero-order valence-corrected chi connectivity index (χ0v) is 15.7. The number of Topliss-reactive ketones (excluding diaryl/α,β-unsaturated/α-hetero) is 1. The molecule has 26 heavy (non-hydrogen) atoms. The van der Waals surface area contributed by atoms with Gasteiger partial charge in [-0.2, -0.15) is 0 Å². The highest BCUT2D eigenvalue weighted by Crippen LogP contribution is 2.29. The summed E-state index contributed by atoms with van der Waals surface area (Å²) in [5.74, 6) is -0.379. The molecule has 2 aliphatic rings. The summed E-state index contributed by atoms with van der Waals surface area (Å²) in [6.45, 7) is 2.13. The molecule has 5 nitrogen and oxygen atoms in total. The van der Waals surface area contributed by atoms with Gasteiger partial charge in [-0.25, -0.2) is 17.1 Å². The number of ketones is 1. The third-order valence-corrected chi connectivity index (χ3v) is 7.23. The monoisotopic (exact) mass is 383 g/mol. The van der Waals surface area contributed by atoms with E-state index in [1.807, 2.05) is 0 Å². The Morgan fingerprint density at radius 3 is 2.31 bits per heavy atom. The predicted molar refractivity (Wildman–Crippen MR) is 96.9 cm³/mol. The number of benzene rings is 1. The molecule has 2 heterocycles. The highest BCUT2D eigenvalue weighted by Gasteiger charge is 2.31. The highest BCUT2D eigenvalue weighted by atomic mass is 32.2. The molecule has 3 rings (SSSR count). The van der Waals surface area contributed by atoms with Crippen LogP contribution in [-0.2, 0) is 19.6 Å². The van der Waals surface area contributed by atoms with E-state index in [0.29, 0.717) is 45.6 Å². The number of halogens is 1. The second-order valence-electron chi connectivity index (χ2n) is 7.28. The fraction of sp³-hybridized carbons (Fsp3) is 0.632. The molecule has 1 aromatic rings. The number of rotatable bonds is 6. The van der Waals surface area contributed by atoms with Crippen LogP contribution < -0.4 is 0 Å². The van der Waals surface area contributed by atoms with Gasteiger partial charge in [-0.15, -0.1) is 0 Å². The molecule has 144 valence electrons. The van der Waals surface area contributed by atoms with Crippen molar-refractivity contribution in [1.29, 1.82) is 0 Å². The fourth-order valence-electron chi connectivity index (χ4n) is 3.83. The number of nitrogens with zero attached hydrogens (tertiary/aromatic N) is 1. The number of ether oxygens (including phenoxy) is 1. The predicted octanol–water partition coefficient (Wildman–Crippen LogP) is 2.72. The first-order chi connectivity index (χ1) is 12.4. The topological polar surface area (TPSA) is 63.7 Å². The number of hydrogen-bond acceptors (Lipinski definition) is 4. The van der Waals surface area contributed by atoms with E-state index in [2.05, 4.69) is 0 Å². The number of sulfonamides is 1. The van der Waals surface area contributed by atoms with E-state index in [9.17, 15) is 17.6 Å². The van der Waals surface area contributed by atoms with Gasteiger partial charge >= 0.3 is 0 Å². The zero-order valence-electron chi connectivity index (χ0n) is 14.9. The summed E-state index contributed by atoms with van der Waals surface area (Å²) in [4.78, 5) is 12.2. The lowest BCUT2D eigenvalue weighted by molar-refractivity contribution is -0.118. The molecule has 2 aliphatic heterocycles. The van der Waals surface area contributed by atoms with E-state index in [0.717, 1.165) is 18.4 Å². The molecule has 7 heteroatoms. The summed E-state index contributed by atoms with van der Waals surface area (Å²) in [5.41, 5.74) is 1.04. The van der Waals surface area contributed by atoms with Crippen LogP contribution in [0.4, 0.5) is 4.39 Å². The van der Waals surface area contributed by atoms with E-state index in [-0.39, 0.29) is 23.4 Å². The molecule has 0 N–H and O–H groups in total. The normalized spacial score (nSPS) is 21.0. The van der Waals surface area contributed by atoms with Gasteiger partial charge < -0.3 is 4.74 Å². The van der Waals surface area contributed by atoms with Crippen LogP contribution in [0.15, 0.2) is 24.3 Å². The van der Waals surface area contributed by atoms with E-state index >= 15 is 0 Å². The van der Waals surface area contributed by atoms with Crippen molar-refractivity contribution in [3.8, 4) is 0 Å². The Morgan fingerprint density at radius 2 is 1.69 bits per heavy atom. The van der Waals surface area contributed by atoms with Crippen LogP contribution in [0.2, 0.25) is 0 Å². The number of piperidine rings is 1. The van der Waals surface area contributed by atoms with Crippen molar-refractivity contribution in [2.24, 2.45) is 5.92 Å². The van der Waals surface area contributed by atoms with Crippen molar-refractivity contribution in [1.82, 2.24) is 4.31 Å². The second kappa shape index (κ2) is 8.59. The Bertz CT molecular complexity index is 706. The van der Waals surface area contributed by atoms with Crippen LogP contribution in [0.1, 0.15) is 43.6 Å². The van der Waals surface area contributed by atoms with E-state index in [4.69, 9.17) is 4.74 Å². The van der Waals surface area contributed by atoms with Crippen molar-refractivity contribution in [2.45, 2.75) is 38.0 Å². The highest BCUT2D eigenvalue weighted by molar-refractivity contribution is 7.89. The standard InChI is InChI=1S/C19H26FNO4S/c20-18-3-1-16(2-4-18)17-5-9-21(10-6-17)26(23,24)14-19(22)13-15-7-11-25-12-8-15/h1-4,15,17H,5-14H2. The van der Waals surface area contributed by atoms with Crippen LogP contribution >= 0.6 is 0 Å². The van der Waals surface area contributed by atoms with Gasteiger partial charge in [0.1, 0.15) is 17.4 Å². The lowest BCUT2D eigenvalue weighted by Gasteiger charge is -2.31. The van der Waals surface area contributed by atoms with Gasteiger partial charge in [-0.3, -0.25) is 4.79 Å². The van der Waals surface area contributed by atoms with Gasteiger partial charge in [0, 0.05) is 32.7 Å². The lowest BCUT2D eigenvalue weighted by atomic mass is 9.90. The summed E-state index contributed by atoms with van der Waals surface area (Å²) in [5, 5.41) is 0. The molecule has 2 saturated heterocycles. The molecular weight excluding hydrogens is 357 g/mol. The molecule has 0 bridgehead atoms. The molecule has 2 fully saturated rings. The van der Waals surface area contributed by atoms with Crippen LogP contribution in [0, 0.1) is 11.7 Å². The second-order valence-corrected chi connectivity index (χ2v) is 9.25. The largest absolute Gasteiger partial charge is 0.381 e. The Morgan fingerprint density at radius 1 is 1.08 bits per heavy atom. The van der Waals surface area contributed by atoms with E-state index in [1.54, 1.807) is 12.1 Å². The first-order valence-corrected chi connectivity index (χ1v) is 10.9. The molecule has 0 saturated carbocycles. The van der Waals surface area contributed by atoms with Gasteiger partial charge in [0.2, 0.25) is 10.0 Å². The van der Waals surface area contributed by atoms with Crippen LogP contribution in [0.5, 0.6) is 0 Å². The van der Waals surface area contributed by atoms with Gasteiger partial charge in [-0.1, -0.05) is 12.1 Å². The van der Waals surface area contributed by atoms with Crippen LogP contribution in [0.25, 0.3) is 0 Å². The van der Waals surface area contributed by atoms with Gasteiger partial charge in [0.25, 0.3) is 0 Å². The molecule has 1 aromatic carbocycles. The lowest BCUT2D eigenvalue weighted by Crippen LogP contribution is -2.41. The van der Waals surface area contributed by atoms with Crippen LogP contribution in [0.3, 0.4) is 0 Å². The quantitative estimate of drug-likeness (QED) is 0.758. The number of hydrogen-bond donors (Lipinski definition) is 0. The summed E-state index contributed by atoms with van der Waals surface area (Å²) in [7, 11) is -3.55. The molecule has 0 spiro atoms. The SMILES string of the molecule is O=C(CC1CCOCC1)CS(=O)(=O)N1CCC(c2ccc(F)cc2)CC1. The minimum Gasteiger partial charge on any atom is -0.381 e. The maximum atomic E-state index is 13.0. The Labute approximate surface area is 154 Å². The average Bonchev–Trinajstić information content (AvgIpc) is 2.63. The smallest absolute Gasteiger partial charge is 0.221 e. The Hall–Kier alpha value is -1.31. The Balaban J connectivity index is 1.50. The third kappa shape index (κ3) is 5.11. The van der Waals surface area contributed by atoms with Crippen molar-refractivity contribution < 1.29 is 22.3 Å². The van der Waals surface area contributed by atoms with Crippen molar-refractivity contribution in [3.05, 3.63) is 35.6 Å². The number of carbonyl (C=O) groups excluding carboxylic acids is 1. The molecule has 0 atom stereocenters. The summed E-state index contributed by atoms with van der Waals surface area (Å²) in [6, 6.07) is 6.41. The summed E-state index contributed by atoms with van der Waals surface area (Å²) < 4.78 is 44.9. The minimum absolute atomic E-state index is 0.197. The van der Waals surface area contributed by atoms with Crippen molar-refractivity contribution in [2.75, 3.05) is 32.1 Å². The minimum atomic E-state index is -3.55. The molecule has 0 aromatic heterocycles. The third-order valence-electron chi connectivity index (χ3n) is 5.39. The van der Waals surface area contributed by atoms with Crippen molar-refractivity contribution in [3.63, 3.8) is 0 Å². The first kappa shape index (κ1) is 19.5. The fourth-order valence-corrected chi connectivity index (χ4v) is 5.30. The van der Waals surface area contributed by atoms with Gasteiger partial charge in [0.05, 0.1) is 0 Å². The molecule has 0 aliphatic carbocycles. The molecule has 0 unspecified atom stereocenters. The maximum absolute atomic E-state index is 13.0. The van der Waals surface area contributed by atoms with E-state index in [1.165, 1.54) is 16.4 Å². The molecular formula is C19H26FNO4S. The zero-order chi connectivity index (χ0) is 18.6. The first-order valence-electron chi connectivity index (χ1n) is 9.27. The Kier molecular flexibility index (Phi) is 6.42. The molecule has 0 amide bonds. The summed E-state index contributed by atoms with van der Waals surface area (Å²) in [6.07, 6.45) is 3.37. The van der Waals surface area contributed by atoms with Gasteiger partial charge in [-0.05, 0) is 55.2 Å². The summed E-state index contributed by atoms with van der Waals surface area (Å²) >= 11 is 0. The average molecular weight is 383 g/mol.